The Bertz CT molecular complexity index is 434. The minimum absolute atomic E-state index is 0.0336. The minimum Gasteiger partial charge on any atom is -0.504 e. The van der Waals surface area contributed by atoms with Crippen LogP contribution in [0.2, 0.25) is 0 Å². The molecule has 4 heteroatoms. The Morgan fingerprint density at radius 1 is 1.46 bits per heavy atom. The molecule has 0 aliphatic heterocycles. The highest BCUT2D eigenvalue weighted by molar-refractivity contribution is 9.10. The largest absolute Gasteiger partial charge is 0.504 e. The van der Waals surface area contributed by atoms with E-state index >= 15 is 0 Å². The Labute approximate surface area is 82.1 Å². The molecule has 0 fully saturated rings. The zero-order valence-electron chi connectivity index (χ0n) is 6.45. The number of phenols is 1. The summed E-state index contributed by atoms with van der Waals surface area (Å²) >= 11 is 3.29. The second-order valence-corrected chi connectivity index (χ2v) is 3.43. The van der Waals surface area contributed by atoms with Crippen molar-refractivity contribution in [2.45, 2.75) is 0 Å². The standard InChI is InChI=1S/C9H5BrO3/c10-7-1-2-8(12)9-6(7)3-5(4-11)13-9/h1-4,12H. The zero-order chi connectivity index (χ0) is 9.42. The molecule has 0 amide bonds. The normalized spacial score (nSPS) is 10.5. The van der Waals surface area contributed by atoms with Gasteiger partial charge in [-0.15, -0.1) is 0 Å². The van der Waals surface area contributed by atoms with Gasteiger partial charge in [-0.25, -0.2) is 0 Å². The van der Waals surface area contributed by atoms with E-state index in [9.17, 15) is 9.90 Å². The van der Waals surface area contributed by atoms with Gasteiger partial charge < -0.3 is 9.52 Å². The molecule has 0 aliphatic carbocycles. The van der Waals surface area contributed by atoms with Gasteiger partial charge in [-0.2, -0.15) is 0 Å². The highest BCUT2D eigenvalue weighted by atomic mass is 79.9. The third-order valence-corrected chi connectivity index (χ3v) is 2.44. The summed E-state index contributed by atoms with van der Waals surface area (Å²) in [7, 11) is 0. The third-order valence-electron chi connectivity index (χ3n) is 1.74. The number of hydrogen-bond acceptors (Lipinski definition) is 3. The number of aldehydes is 1. The third kappa shape index (κ3) is 1.23. The first-order valence-corrected chi connectivity index (χ1v) is 4.38. The SMILES string of the molecule is O=Cc1cc2c(Br)ccc(O)c2o1. The summed E-state index contributed by atoms with van der Waals surface area (Å²) < 4.78 is 5.87. The zero-order valence-corrected chi connectivity index (χ0v) is 8.04. The molecule has 2 aromatic rings. The average Bonchev–Trinajstić information content (AvgIpc) is 2.56. The van der Waals surface area contributed by atoms with Crippen molar-refractivity contribution in [1.82, 2.24) is 0 Å². The highest BCUT2D eigenvalue weighted by Crippen LogP contribution is 2.32. The van der Waals surface area contributed by atoms with Crippen LogP contribution in [0.4, 0.5) is 0 Å². The molecule has 2 rings (SSSR count). The fraction of sp³-hybridized carbons (Fsp3) is 0. The Balaban J connectivity index is 2.87. The summed E-state index contributed by atoms with van der Waals surface area (Å²) in [5, 5.41) is 10.1. The van der Waals surface area contributed by atoms with Gasteiger partial charge in [0.1, 0.15) is 0 Å². The minimum atomic E-state index is 0.0336. The molecule has 0 atom stereocenters. The molecule has 1 aromatic heterocycles. The number of carbonyl (C=O) groups excluding carboxylic acids is 1. The van der Waals surface area contributed by atoms with Gasteiger partial charge in [0, 0.05) is 9.86 Å². The number of aromatic hydroxyl groups is 1. The van der Waals surface area contributed by atoms with Crippen molar-refractivity contribution in [2.75, 3.05) is 0 Å². The lowest BCUT2D eigenvalue weighted by Crippen LogP contribution is -1.68. The van der Waals surface area contributed by atoms with Crippen molar-refractivity contribution < 1.29 is 14.3 Å². The summed E-state index contributed by atoms with van der Waals surface area (Å²) in [6.07, 6.45) is 0.603. The lowest BCUT2D eigenvalue weighted by atomic mass is 10.2. The second kappa shape index (κ2) is 2.88. The van der Waals surface area contributed by atoms with E-state index in [-0.39, 0.29) is 11.5 Å². The number of furan rings is 1. The van der Waals surface area contributed by atoms with Crippen LogP contribution in [0.5, 0.6) is 5.75 Å². The molecular weight excluding hydrogens is 236 g/mol. The molecule has 0 bridgehead atoms. The van der Waals surface area contributed by atoms with E-state index in [2.05, 4.69) is 15.9 Å². The molecule has 66 valence electrons. The fourth-order valence-corrected chi connectivity index (χ4v) is 1.58. The molecule has 1 N–H and O–H groups in total. The number of rotatable bonds is 1. The van der Waals surface area contributed by atoms with Crippen LogP contribution in [-0.4, -0.2) is 11.4 Å². The molecule has 3 nitrogen and oxygen atoms in total. The van der Waals surface area contributed by atoms with Gasteiger partial charge in [0.05, 0.1) is 0 Å². The number of phenolic OH excluding ortho intramolecular Hbond substituents is 1. The average molecular weight is 241 g/mol. The quantitative estimate of drug-likeness (QED) is 0.781. The maximum Gasteiger partial charge on any atom is 0.185 e. The van der Waals surface area contributed by atoms with Crippen molar-refractivity contribution >= 4 is 33.2 Å². The molecule has 1 heterocycles. The van der Waals surface area contributed by atoms with Crippen LogP contribution in [0.25, 0.3) is 11.0 Å². The van der Waals surface area contributed by atoms with Crippen LogP contribution in [0.3, 0.4) is 0 Å². The predicted octanol–water partition coefficient (Wildman–Crippen LogP) is 2.71. The van der Waals surface area contributed by atoms with Gasteiger partial charge in [0.15, 0.2) is 23.4 Å². The number of benzene rings is 1. The number of hydrogen-bond donors (Lipinski definition) is 1. The van der Waals surface area contributed by atoms with Gasteiger partial charge >= 0.3 is 0 Å². The topological polar surface area (TPSA) is 50.4 Å². The van der Waals surface area contributed by atoms with Crippen LogP contribution < -0.4 is 0 Å². The molecular formula is C9H5BrO3. The summed E-state index contributed by atoms with van der Waals surface area (Å²) in [6.45, 7) is 0. The second-order valence-electron chi connectivity index (χ2n) is 2.58. The molecule has 0 saturated heterocycles. The van der Waals surface area contributed by atoms with Gasteiger partial charge in [-0.3, -0.25) is 4.79 Å². The molecule has 0 spiro atoms. The molecule has 13 heavy (non-hydrogen) atoms. The van der Waals surface area contributed by atoms with Crippen molar-refractivity contribution in [3.05, 3.63) is 28.4 Å². The van der Waals surface area contributed by atoms with E-state index in [1.807, 2.05) is 0 Å². The van der Waals surface area contributed by atoms with Crippen LogP contribution in [-0.2, 0) is 0 Å². The van der Waals surface area contributed by atoms with E-state index < -0.39 is 0 Å². The predicted molar refractivity (Wildman–Crippen MR) is 51.0 cm³/mol. The summed E-state index contributed by atoms with van der Waals surface area (Å²) in [5.41, 5.74) is 0.330. The van der Waals surface area contributed by atoms with Gasteiger partial charge in [-0.1, -0.05) is 15.9 Å². The summed E-state index contributed by atoms with van der Waals surface area (Å²) in [5.74, 6) is 0.239. The first-order chi connectivity index (χ1) is 6.22. The molecule has 0 radical (unpaired) electrons. The van der Waals surface area contributed by atoms with Crippen molar-refractivity contribution in [2.24, 2.45) is 0 Å². The highest BCUT2D eigenvalue weighted by Gasteiger charge is 2.09. The van der Waals surface area contributed by atoms with Gasteiger partial charge in [0.25, 0.3) is 0 Å². The maximum atomic E-state index is 10.4. The van der Waals surface area contributed by atoms with E-state index in [0.29, 0.717) is 17.3 Å². The first-order valence-electron chi connectivity index (χ1n) is 3.58. The lowest BCUT2D eigenvalue weighted by molar-refractivity contribution is 0.110. The Morgan fingerprint density at radius 3 is 2.85 bits per heavy atom. The monoisotopic (exact) mass is 240 g/mol. The fourth-order valence-electron chi connectivity index (χ4n) is 1.15. The Hall–Kier alpha value is -1.29. The molecule has 1 aromatic carbocycles. The van der Waals surface area contributed by atoms with Crippen molar-refractivity contribution in [3.8, 4) is 5.75 Å². The number of carbonyl (C=O) groups is 1. The molecule has 0 unspecified atom stereocenters. The maximum absolute atomic E-state index is 10.4. The molecule has 0 saturated carbocycles. The Morgan fingerprint density at radius 2 is 2.23 bits per heavy atom. The van der Waals surface area contributed by atoms with Crippen LogP contribution in [0, 0.1) is 0 Å². The van der Waals surface area contributed by atoms with Crippen molar-refractivity contribution in [1.29, 1.82) is 0 Å². The smallest absolute Gasteiger partial charge is 0.185 e. The van der Waals surface area contributed by atoms with E-state index in [1.54, 1.807) is 12.1 Å². The molecule has 0 aliphatic rings. The summed E-state index contributed by atoms with van der Waals surface area (Å²) in [4.78, 5) is 10.4. The number of fused-ring (bicyclic) bond motifs is 1. The number of halogens is 1. The van der Waals surface area contributed by atoms with E-state index in [0.717, 1.165) is 4.47 Å². The van der Waals surface area contributed by atoms with E-state index in [1.165, 1.54) is 6.07 Å². The van der Waals surface area contributed by atoms with Crippen LogP contribution in [0.15, 0.2) is 27.1 Å². The first kappa shape index (κ1) is 8.31. The van der Waals surface area contributed by atoms with E-state index in [4.69, 9.17) is 4.42 Å². The van der Waals surface area contributed by atoms with Crippen molar-refractivity contribution in [3.63, 3.8) is 0 Å². The lowest BCUT2D eigenvalue weighted by Gasteiger charge is -1.94. The van der Waals surface area contributed by atoms with Gasteiger partial charge in [0.2, 0.25) is 0 Å². The summed E-state index contributed by atoms with van der Waals surface area (Å²) in [6, 6.07) is 4.78. The van der Waals surface area contributed by atoms with Gasteiger partial charge in [-0.05, 0) is 18.2 Å². The van der Waals surface area contributed by atoms with Crippen LogP contribution in [0.1, 0.15) is 10.6 Å². The Kier molecular flexibility index (Phi) is 1.84. The van der Waals surface area contributed by atoms with Crippen LogP contribution >= 0.6 is 15.9 Å².